The average Bonchev–Trinajstić information content (AvgIpc) is 2.37. The first-order valence-electron chi connectivity index (χ1n) is 6.68. The molecule has 0 aromatic heterocycles. The Labute approximate surface area is 122 Å². The number of aliphatic hydroxyl groups is 2. The van der Waals surface area contributed by atoms with E-state index in [4.69, 9.17) is 0 Å². The van der Waals surface area contributed by atoms with Gasteiger partial charge in [0.2, 0.25) is 0 Å². The van der Waals surface area contributed by atoms with Crippen molar-refractivity contribution < 1.29 is 19.0 Å². The fourth-order valence-electron chi connectivity index (χ4n) is 2.52. The summed E-state index contributed by atoms with van der Waals surface area (Å²) in [7, 11) is 0. The van der Waals surface area contributed by atoms with Crippen molar-refractivity contribution in [1.29, 1.82) is 0 Å². The van der Waals surface area contributed by atoms with Crippen LogP contribution in [0.2, 0.25) is 0 Å². The number of halogens is 2. The van der Waals surface area contributed by atoms with Crippen molar-refractivity contribution in [1.82, 2.24) is 0 Å². The normalized spacial score (nSPS) is 17.0. The van der Waals surface area contributed by atoms with Gasteiger partial charge < -0.3 is 10.2 Å². The maximum absolute atomic E-state index is 13.3. The van der Waals surface area contributed by atoms with E-state index in [2.05, 4.69) is 0 Å². The van der Waals surface area contributed by atoms with E-state index in [1.807, 2.05) is 0 Å². The molecular weight excluding hydrogens is 274 g/mol. The topological polar surface area (TPSA) is 40.5 Å². The molecular formula is C17H18F2O2. The number of hydrogen-bond acceptors (Lipinski definition) is 2. The molecule has 0 radical (unpaired) electrons. The van der Waals surface area contributed by atoms with Crippen LogP contribution >= 0.6 is 0 Å². The Hall–Kier alpha value is -1.78. The smallest absolute Gasteiger partial charge is 0.123 e. The number of benzene rings is 2. The monoisotopic (exact) mass is 292 g/mol. The predicted molar refractivity (Wildman–Crippen MR) is 76.6 cm³/mol. The maximum atomic E-state index is 13.3. The summed E-state index contributed by atoms with van der Waals surface area (Å²) in [5, 5.41) is 21.1. The Bertz CT molecular complexity index is 581. The van der Waals surface area contributed by atoms with Crippen molar-refractivity contribution in [3.8, 4) is 0 Å². The highest BCUT2D eigenvalue weighted by Gasteiger charge is 2.35. The van der Waals surface area contributed by atoms with Crippen LogP contribution in [-0.4, -0.2) is 10.2 Å². The molecule has 0 fully saturated rings. The lowest BCUT2D eigenvalue weighted by atomic mass is 9.81. The Kier molecular flexibility index (Phi) is 4.12. The third kappa shape index (κ3) is 3.65. The molecule has 4 heteroatoms. The van der Waals surface area contributed by atoms with Crippen molar-refractivity contribution in [3.63, 3.8) is 0 Å². The summed E-state index contributed by atoms with van der Waals surface area (Å²) in [5.41, 5.74) is -2.17. The molecule has 2 nitrogen and oxygen atoms in total. The summed E-state index contributed by atoms with van der Waals surface area (Å²) < 4.78 is 26.6. The molecule has 2 rings (SSSR count). The minimum atomic E-state index is -1.45. The lowest BCUT2D eigenvalue weighted by molar-refractivity contribution is -0.0527. The molecule has 0 saturated heterocycles. The minimum absolute atomic E-state index is 0.0904. The summed E-state index contributed by atoms with van der Waals surface area (Å²) in [6, 6.07) is 11.2. The lowest BCUT2D eigenvalue weighted by Gasteiger charge is -2.33. The van der Waals surface area contributed by atoms with Crippen LogP contribution in [0.1, 0.15) is 31.4 Å². The number of hydrogen-bond donors (Lipinski definition) is 2. The first-order valence-corrected chi connectivity index (χ1v) is 6.68. The van der Waals surface area contributed by atoms with Gasteiger partial charge in [-0.2, -0.15) is 0 Å². The predicted octanol–water partition coefficient (Wildman–Crippen LogP) is 3.47. The maximum Gasteiger partial charge on any atom is 0.123 e. The first-order chi connectivity index (χ1) is 9.71. The van der Waals surface area contributed by atoms with E-state index in [0.717, 1.165) is 0 Å². The Morgan fingerprint density at radius 1 is 0.810 bits per heavy atom. The average molecular weight is 292 g/mol. The van der Waals surface area contributed by atoms with E-state index < -0.39 is 22.8 Å². The van der Waals surface area contributed by atoms with Crippen molar-refractivity contribution >= 4 is 0 Å². The molecule has 112 valence electrons. The summed E-state index contributed by atoms with van der Waals surface area (Å²) in [5.74, 6) is -0.920. The molecule has 2 N–H and O–H groups in total. The second kappa shape index (κ2) is 5.54. The quantitative estimate of drug-likeness (QED) is 0.906. The summed E-state index contributed by atoms with van der Waals surface area (Å²) in [6.45, 7) is 2.99. The van der Waals surface area contributed by atoms with Gasteiger partial charge in [0.05, 0.1) is 11.2 Å². The summed E-state index contributed by atoms with van der Waals surface area (Å²) in [6.07, 6.45) is -0.0904. The molecule has 0 aliphatic heterocycles. The number of rotatable bonds is 4. The van der Waals surface area contributed by atoms with Gasteiger partial charge in [-0.15, -0.1) is 0 Å². The third-order valence-electron chi connectivity index (χ3n) is 3.58. The second-order valence-corrected chi connectivity index (χ2v) is 5.75. The van der Waals surface area contributed by atoms with Crippen LogP contribution in [0.4, 0.5) is 8.78 Å². The van der Waals surface area contributed by atoms with Crippen molar-refractivity contribution in [2.75, 3.05) is 0 Å². The van der Waals surface area contributed by atoms with Crippen molar-refractivity contribution in [3.05, 3.63) is 71.3 Å². The second-order valence-electron chi connectivity index (χ2n) is 5.75. The molecule has 0 aliphatic rings. The van der Waals surface area contributed by atoms with Crippen LogP contribution in [0.5, 0.6) is 0 Å². The molecule has 0 unspecified atom stereocenters. The molecule has 0 amide bonds. The van der Waals surface area contributed by atoms with E-state index >= 15 is 0 Å². The zero-order chi connectivity index (χ0) is 15.7. The van der Waals surface area contributed by atoms with E-state index in [1.54, 1.807) is 12.1 Å². The van der Waals surface area contributed by atoms with E-state index in [0.29, 0.717) is 11.1 Å². The van der Waals surface area contributed by atoms with Gasteiger partial charge in [-0.3, -0.25) is 0 Å². The van der Waals surface area contributed by atoms with Crippen LogP contribution in [0.3, 0.4) is 0 Å². The highest BCUT2D eigenvalue weighted by Crippen LogP contribution is 2.36. The fraction of sp³-hybridized carbons (Fsp3) is 0.294. The van der Waals surface area contributed by atoms with Gasteiger partial charge in [0, 0.05) is 6.42 Å². The van der Waals surface area contributed by atoms with Crippen LogP contribution in [0.15, 0.2) is 48.5 Å². The third-order valence-corrected chi connectivity index (χ3v) is 3.58. The van der Waals surface area contributed by atoms with E-state index in [1.165, 1.54) is 50.2 Å². The zero-order valence-electron chi connectivity index (χ0n) is 12.0. The molecule has 0 saturated carbocycles. The molecule has 0 heterocycles. The summed E-state index contributed by atoms with van der Waals surface area (Å²) >= 11 is 0. The standard InChI is InChI=1S/C17H18F2O2/c1-16(20,12-5-3-7-14(18)9-12)11-17(2,21)13-6-4-8-15(19)10-13/h3-10,20-21H,11H2,1-2H3/t16-,17-/m0/s1. The van der Waals surface area contributed by atoms with Crippen molar-refractivity contribution in [2.45, 2.75) is 31.5 Å². The van der Waals surface area contributed by atoms with Gasteiger partial charge in [0.1, 0.15) is 11.6 Å². The largest absolute Gasteiger partial charge is 0.385 e. The molecule has 2 atom stereocenters. The van der Waals surface area contributed by atoms with Gasteiger partial charge >= 0.3 is 0 Å². The minimum Gasteiger partial charge on any atom is -0.385 e. The van der Waals surface area contributed by atoms with Crippen LogP contribution in [-0.2, 0) is 11.2 Å². The highest BCUT2D eigenvalue weighted by molar-refractivity contribution is 5.27. The Morgan fingerprint density at radius 2 is 1.19 bits per heavy atom. The molecule has 2 aromatic carbocycles. The molecule has 0 bridgehead atoms. The zero-order valence-corrected chi connectivity index (χ0v) is 12.0. The van der Waals surface area contributed by atoms with Crippen LogP contribution < -0.4 is 0 Å². The first kappa shape index (κ1) is 15.6. The van der Waals surface area contributed by atoms with Crippen LogP contribution in [0.25, 0.3) is 0 Å². The Balaban J connectivity index is 2.30. The van der Waals surface area contributed by atoms with Crippen LogP contribution in [0, 0.1) is 11.6 Å². The van der Waals surface area contributed by atoms with Gasteiger partial charge in [-0.1, -0.05) is 24.3 Å². The molecule has 0 aliphatic carbocycles. The van der Waals surface area contributed by atoms with E-state index in [-0.39, 0.29) is 6.42 Å². The SMILES string of the molecule is C[C@](O)(C[C@](C)(O)c1cccc(F)c1)c1cccc(F)c1. The fourth-order valence-corrected chi connectivity index (χ4v) is 2.52. The highest BCUT2D eigenvalue weighted by atomic mass is 19.1. The Morgan fingerprint density at radius 3 is 1.52 bits per heavy atom. The summed E-state index contributed by atoms with van der Waals surface area (Å²) in [4.78, 5) is 0. The molecule has 0 spiro atoms. The van der Waals surface area contributed by atoms with Gasteiger partial charge in [-0.05, 0) is 49.2 Å². The van der Waals surface area contributed by atoms with Gasteiger partial charge in [0.15, 0.2) is 0 Å². The van der Waals surface area contributed by atoms with E-state index in [9.17, 15) is 19.0 Å². The molecule has 2 aromatic rings. The lowest BCUT2D eigenvalue weighted by Crippen LogP contribution is -2.34. The van der Waals surface area contributed by atoms with Gasteiger partial charge in [-0.25, -0.2) is 8.78 Å². The van der Waals surface area contributed by atoms with Gasteiger partial charge in [0.25, 0.3) is 0 Å². The van der Waals surface area contributed by atoms with Crippen molar-refractivity contribution in [2.24, 2.45) is 0 Å². The molecule has 21 heavy (non-hydrogen) atoms.